The Hall–Kier alpha value is -1.06. The van der Waals surface area contributed by atoms with Crippen LogP contribution in [0, 0.1) is 0 Å². The summed E-state index contributed by atoms with van der Waals surface area (Å²) < 4.78 is 0. The molecule has 3 nitrogen and oxygen atoms in total. The Labute approximate surface area is 110 Å². The number of phenols is 1. The Kier molecular flexibility index (Phi) is 4.61. The van der Waals surface area contributed by atoms with Gasteiger partial charge < -0.3 is 10.0 Å². The second-order valence-electron chi connectivity index (χ2n) is 5.26. The summed E-state index contributed by atoms with van der Waals surface area (Å²) >= 11 is 0. The number of para-hydroxylation sites is 1. The molecule has 100 valence electrons. The highest BCUT2D eigenvalue weighted by molar-refractivity contribution is 5.34. The fourth-order valence-corrected chi connectivity index (χ4v) is 2.58. The summed E-state index contributed by atoms with van der Waals surface area (Å²) in [6, 6.07) is 7.89. The second kappa shape index (κ2) is 6.21. The summed E-state index contributed by atoms with van der Waals surface area (Å²) in [5.41, 5.74) is 1.02. The number of hydrogen-bond acceptors (Lipinski definition) is 3. The molecule has 1 unspecified atom stereocenters. The molecule has 1 aliphatic rings. The lowest BCUT2D eigenvalue weighted by molar-refractivity contribution is 0.214. The molecule has 1 atom stereocenters. The predicted molar refractivity (Wildman–Crippen MR) is 74.8 cm³/mol. The van der Waals surface area contributed by atoms with Crippen molar-refractivity contribution >= 4 is 0 Å². The molecule has 2 rings (SSSR count). The summed E-state index contributed by atoms with van der Waals surface area (Å²) in [5, 5.41) is 9.87. The molecular formula is C15H24N2O. The van der Waals surface area contributed by atoms with Gasteiger partial charge in [0.1, 0.15) is 5.75 Å². The lowest BCUT2D eigenvalue weighted by atomic mass is 10.1. The summed E-state index contributed by atoms with van der Waals surface area (Å²) in [6.07, 6.45) is 2.69. The van der Waals surface area contributed by atoms with E-state index in [1.54, 1.807) is 6.07 Å². The van der Waals surface area contributed by atoms with Crippen molar-refractivity contribution in [3.8, 4) is 5.75 Å². The zero-order chi connectivity index (χ0) is 13.0. The van der Waals surface area contributed by atoms with E-state index in [0.29, 0.717) is 5.75 Å². The van der Waals surface area contributed by atoms with Gasteiger partial charge in [-0.05, 0) is 46.0 Å². The lowest BCUT2D eigenvalue weighted by Crippen LogP contribution is -2.33. The number of hydrogen-bond donors (Lipinski definition) is 1. The van der Waals surface area contributed by atoms with Crippen LogP contribution < -0.4 is 0 Å². The van der Waals surface area contributed by atoms with Crippen LogP contribution in [0.3, 0.4) is 0 Å². The number of phenolic OH excluding ortho intramolecular Hbond substituents is 1. The molecule has 1 aromatic carbocycles. The maximum Gasteiger partial charge on any atom is 0.120 e. The molecule has 0 radical (unpaired) electrons. The third-order valence-corrected chi connectivity index (χ3v) is 4.02. The van der Waals surface area contributed by atoms with Gasteiger partial charge in [-0.3, -0.25) is 4.90 Å². The van der Waals surface area contributed by atoms with Crippen molar-refractivity contribution in [2.45, 2.75) is 25.8 Å². The standard InChI is InChI=1S/C15H24N2O/c1-13(14-7-3-4-8-15(14)18)16(2)11-12-17-9-5-6-10-17/h3-4,7-8,13,18H,5-6,9-12H2,1-2H3. The van der Waals surface area contributed by atoms with E-state index < -0.39 is 0 Å². The van der Waals surface area contributed by atoms with E-state index in [4.69, 9.17) is 0 Å². The molecule has 0 amide bonds. The van der Waals surface area contributed by atoms with Crippen molar-refractivity contribution in [3.05, 3.63) is 29.8 Å². The average molecular weight is 248 g/mol. The van der Waals surface area contributed by atoms with Crippen molar-refractivity contribution in [1.82, 2.24) is 9.80 Å². The van der Waals surface area contributed by atoms with Crippen LogP contribution in [0.25, 0.3) is 0 Å². The molecule has 0 saturated carbocycles. The smallest absolute Gasteiger partial charge is 0.120 e. The van der Waals surface area contributed by atoms with Crippen molar-refractivity contribution < 1.29 is 5.11 Å². The summed E-state index contributed by atoms with van der Waals surface area (Å²) in [7, 11) is 2.13. The van der Waals surface area contributed by atoms with Crippen LogP contribution in [-0.4, -0.2) is 48.1 Å². The Morgan fingerprint density at radius 3 is 2.61 bits per heavy atom. The molecule has 18 heavy (non-hydrogen) atoms. The Morgan fingerprint density at radius 1 is 1.28 bits per heavy atom. The average Bonchev–Trinajstić information content (AvgIpc) is 2.89. The van der Waals surface area contributed by atoms with E-state index in [2.05, 4.69) is 23.8 Å². The number of rotatable bonds is 5. The number of benzene rings is 1. The molecule has 1 heterocycles. The fourth-order valence-electron chi connectivity index (χ4n) is 2.58. The van der Waals surface area contributed by atoms with E-state index in [1.807, 2.05) is 18.2 Å². The molecule has 1 aromatic rings. The van der Waals surface area contributed by atoms with Gasteiger partial charge in [0.15, 0.2) is 0 Å². The first-order valence-corrected chi connectivity index (χ1v) is 6.89. The molecule has 1 N–H and O–H groups in total. The van der Waals surface area contributed by atoms with Crippen molar-refractivity contribution in [3.63, 3.8) is 0 Å². The van der Waals surface area contributed by atoms with Gasteiger partial charge in [-0.15, -0.1) is 0 Å². The van der Waals surface area contributed by atoms with Crippen LogP contribution in [0.15, 0.2) is 24.3 Å². The molecule has 0 aliphatic carbocycles. The monoisotopic (exact) mass is 248 g/mol. The third kappa shape index (κ3) is 3.24. The minimum Gasteiger partial charge on any atom is -0.508 e. The third-order valence-electron chi connectivity index (χ3n) is 4.02. The maximum atomic E-state index is 9.87. The number of aromatic hydroxyl groups is 1. The van der Waals surface area contributed by atoms with Crippen molar-refractivity contribution in [2.75, 3.05) is 33.2 Å². The molecule has 3 heteroatoms. The molecule has 1 fully saturated rings. The van der Waals surface area contributed by atoms with Gasteiger partial charge in [0, 0.05) is 24.7 Å². The van der Waals surface area contributed by atoms with Gasteiger partial charge in [0.2, 0.25) is 0 Å². The normalized spacial score (nSPS) is 18.4. The Morgan fingerprint density at radius 2 is 1.94 bits per heavy atom. The minimum absolute atomic E-state index is 0.258. The Bertz CT molecular complexity index is 375. The first-order chi connectivity index (χ1) is 8.68. The quantitative estimate of drug-likeness (QED) is 0.867. The zero-order valence-corrected chi connectivity index (χ0v) is 11.5. The molecule has 0 bridgehead atoms. The number of nitrogens with zero attached hydrogens (tertiary/aromatic N) is 2. The molecular weight excluding hydrogens is 224 g/mol. The topological polar surface area (TPSA) is 26.7 Å². The SMILES string of the molecule is CC(c1ccccc1O)N(C)CCN1CCCC1. The molecule has 0 aromatic heterocycles. The molecule has 1 saturated heterocycles. The maximum absolute atomic E-state index is 9.87. The van der Waals surface area contributed by atoms with Crippen molar-refractivity contribution in [2.24, 2.45) is 0 Å². The van der Waals surface area contributed by atoms with E-state index in [0.717, 1.165) is 18.7 Å². The van der Waals surface area contributed by atoms with E-state index >= 15 is 0 Å². The van der Waals surface area contributed by atoms with Crippen molar-refractivity contribution in [1.29, 1.82) is 0 Å². The zero-order valence-electron chi connectivity index (χ0n) is 11.5. The largest absolute Gasteiger partial charge is 0.508 e. The summed E-state index contributed by atoms with van der Waals surface area (Å²) in [5.74, 6) is 0.401. The Balaban J connectivity index is 1.88. The van der Waals surface area contributed by atoms with E-state index in [-0.39, 0.29) is 6.04 Å². The second-order valence-corrected chi connectivity index (χ2v) is 5.26. The van der Waals surface area contributed by atoms with Crippen LogP contribution in [0.1, 0.15) is 31.4 Å². The van der Waals surface area contributed by atoms with Gasteiger partial charge in [-0.1, -0.05) is 18.2 Å². The fraction of sp³-hybridized carbons (Fsp3) is 0.600. The first kappa shape index (κ1) is 13.4. The van der Waals surface area contributed by atoms with Crippen LogP contribution in [-0.2, 0) is 0 Å². The van der Waals surface area contributed by atoms with E-state index in [1.165, 1.54) is 25.9 Å². The highest BCUT2D eigenvalue weighted by atomic mass is 16.3. The summed E-state index contributed by atoms with van der Waals surface area (Å²) in [4.78, 5) is 4.83. The molecule has 1 aliphatic heterocycles. The minimum atomic E-state index is 0.258. The first-order valence-electron chi connectivity index (χ1n) is 6.89. The van der Waals surface area contributed by atoms with Gasteiger partial charge in [-0.2, -0.15) is 0 Å². The highest BCUT2D eigenvalue weighted by Gasteiger charge is 2.17. The van der Waals surface area contributed by atoms with Gasteiger partial charge in [0.25, 0.3) is 0 Å². The number of likely N-dealkylation sites (tertiary alicyclic amines) is 1. The lowest BCUT2D eigenvalue weighted by Gasteiger charge is -2.27. The summed E-state index contributed by atoms with van der Waals surface area (Å²) in [6.45, 7) is 6.83. The van der Waals surface area contributed by atoms with Gasteiger partial charge >= 0.3 is 0 Å². The van der Waals surface area contributed by atoms with E-state index in [9.17, 15) is 5.11 Å². The highest BCUT2D eigenvalue weighted by Crippen LogP contribution is 2.26. The van der Waals surface area contributed by atoms with Crippen LogP contribution in [0.2, 0.25) is 0 Å². The van der Waals surface area contributed by atoms with Crippen LogP contribution in [0.4, 0.5) is 0 Å². The molecule has 0 spiro atoms. The number of likely N-dealkylation sites (N-methyl/N-ethyl adjacent to an activating group) is 1. The van der Waals surface area contributed by atoms with Gasteiger partial charge in [-0.25, -0.2) is 0 Å². The predicted octanol–water partition coefficient (Wildman–Crippen LogP) is 2.48. The van der Waals surface area contributed by atoms with Gasteiger partial charge in [0.05, 0.1) is 0 Å². The van der Waals surface area contributed by atoms with Crippen LogP contribution in [0.5, 0.6) is 5.75 Å². The van der Waals surface area contributed by atoms with Crippen LogP contribution >= 0.6 is 0 Å².